The number of ketones is 1. The van der Waals surface area contributed by atoms with Crippen LogP contribution in [0.1, 0.15) is 77.7 Å². The minimum Gasteiger partial charge on any atom is -0.289 e. The molecule has 148 valence electrons. The fourth-order valence-electron chi connectivity index (χ4n) is 3.68. The minimum atomic E-state index is -0.410. The van der Waals surface area contributed by atoms with Crippen LogP contribution in [0, 0.1) is 20.2 Å². The molecule has 0 aromatic heterocycles. The Hall–Kier alpha value is -3.09. The third kappa shape index (κ3) is 4.60. The number of benzene rings is 2. The molecule has 0 fully saturated rings. The second-order valence-electron chi connectivity index (χ2n) is 7.38. The molecule has 7 heteroatoms. The molecule has 2 aromatic carbocycles. The highest BCUT2D eigenvalue weighted by Crippen LogP contribution is 2.31. The van der Waals surface area contributed by atoms with E-state index in [1.54, 1.807) is 36.4 Å². The van der Waals surface area contributed by atoms with Crippen LogP contribution >= 0.6 is 0 Å². The Morgan fingerprint density at radius 1 is 0.786 bits per heavy atom. The van der Waals surface area contributed by atoms with E-state index in [4.69, 9.17) is 0 Å². The van der Waals surface area contributed by atoms with Gasteiger partial charge < -0.3 is 0 Å². The van der Waals surface area contributed by atoms with Gasteiger partial charge >= 0.3 is 0 Å². The predicted molar refractivity (Wildman–Crippen MR) is 106 cm³/mol. The summed E-state index contributed by atoms with van der Waals surface area (Å²) < 4.78 is 0. The Balaban J connectivity index is 2.67. The molecule has 0 saturated carbocycles. The molecule has 0 aliphatic carbocycles. The van der Waals surface area contributed by atoms with Crippen molar-refractivity contribution in [3.8, 4) is 0 Å². The van der Waals surface area contributed by atoms with E-state index in [0.29, 0.717) is 33.4 Å². The summed E-state index contributed by atoms with van der Waals surface area (Å²) in [5.74, 6) is -0.429. The van der Waals surface area contributed by atoms with Gasteiger partial charge in [-0.2, -0.15) is 0 Å². The fraction of sp³-hybridized carbons (Fsp3) is 0.381. The van der Waals surface area contributed by atoms with Crippen molar-refractivity contribution >= 4 is 5.78 Å². The van der Waals surface area contributed by atoms with Crippen molar-refractivity contribution in [3.63, 3.8) is 0 Å². The normalized spacial score (nSPS) is 11.1. The van der Waals surface area contributed by atoms with Gasteiger partial charge in [0.15, 0.2) is 5.78 Å². The summed E-state index contributed by atoms with van der Waals surface area (Å²) in [6, 6.07) is 9.97. The van der Waals surface area contributed by atoms with E-state index >= 15 is 0 Å². The highest BCUT2D eigenvalue weighted by Gasteiger charge is 2.25. The monoisotopic (exact) mass is 384 g/mol. The number of nitro groups is 2. The first-order valence-electron chi connectivity index (χ1n) is 9.15. The highest BCUT2D eigenvalue weighted by molar-refractivity contribution is 6.11. The van der Waals surface area contributed by atoms with Crippen molar-refractivity contribution < 1.29 is 14.6 Å². The number of rotatable bonds is 8. The number of hydrogen-bond donors (Lipinski definition) is 0. The molecular weight excluding hydrogens is 360 g/mol. The number of nitrogens with zero attached hydrogens (tertiary/aromatic N) is 2. The van der Waals surface area contributed by atoms with E-state index in [-0.39, 0.29) is 30.7 Å². The van der Waals surface area contributed by atoms with Gasteiger partial charge in [-0.15, -0.1) is 0 Å². The average Bonchev–Trinajstić information content (AvgIpc) is 2.59. The molecule has 0 radical (unpaired) electrons. The Bertz CT molecular complexity index is 846. The van der Waals surface area contributed by atoms with Gasteiger partial charge in [0.25, 0.3) is 0 Å². The molecule has 0 N–H and O–H groups in total. The smallest absolute Gasteiger partial charge is 0.229 e. The van der Waals surface area contributed by atoms with Crippen molar-refractivity contribution in [2.45, 2.75) is 52.6 Å². The van der Waals surface area contributed by atoms with Crippen LogP contribution in [0.5, 0.6) is 0 Å². The van der Waals surface area contributed by atoms with Crippen LogP contribution in [-0.4, -0.2) is 15.6 Å². The Morgan fingerprint density at radius 2 is 1.14 bits per heavy atom. The zero-order valence-electron chi connectivity index (χ0n) is 16.5. The fourth-order valence-corrected chi connectivity index (χ4v) is 3.68. The van der Waals surface area contributed by atoms with E-state index in [2.05, 4.69) is 0 Å². The molecule has 0 spiro atoms. The van der Waals surface area contributed by atoms with Crippen LogP contribution in [-0.2, 0) is 13.1 Å². The molecule has 0 aliphatic heterocycles. The van der Waals surface area contributed by atoms with E-state index in [1.807, 2.05) is 27.7 Å². The summed E-state index contributed by atoms with van der Waals surface area (Å²) in [6.07, 6.45) is 0. The maximum atomic E-state index is 13.4. The summed E-state index contributed by atoms with van der Waals surface area (Å²) in [5, 5.41) is 22.1. The minimum absolute atomic E-state index is 0.0837. The first-order valence-corrected chi connectivity index (χ1v) is 9.15. The molecule has 0 saturated heterocycles. The molecule has 0 unspecified atom stereocenters. The maximum Gasteiger partial charge on any atom is 0.229 e. The molecule has 0 bridgehead atoms. The van der Waals surface area contributed by atoms with Crippen molar-refractivity contribution in [1.82, 2.24) is 0 Å². The third-order valence-electron chi connectivity index (χ3n) is 4.64. The van der Waals surface area contributed by atoms with Crippen LogP contribution in [0.15, 0.2) is 36.4 Å². The van der Waals surface area contributed by atoms with Gasteiger partial charge in [-0.25, -0.2) is 0 Å². The van der Waals surface area contributed by atoms with Crippen LogP contribution in [0.3, 0.4) is 0 Å². The van der Waals surface area contributed by atoms with Gasteiger partial charge in [0.2, 0.25) is 13.1 Å². The molecule has 7 nitrogen and oxygen atoms in total. The second kappa shape index (κ2) is 8.73. The van der Waals surface area contributed by atoms with Gasteiger partial charge in [-0.1, -0.05) is 64.1 Å². The first kappa shape index (κ1) is 21.2. The summed E-state index contributed by atoms with van der Waals surface area (Å²) >= 11 is 0. The molecule has 0 aliphatic rings. The highest BCUT2D eigenvalue weighted by atomic mass is 16.6. The quantitative estimate of drug-likeness (QED) is 0.372. The second-order valence-corrected chi connectivity index (χ2v) is 7.38. The Labute approximate surface area is 163 Å². The SMILES string of the molecule is CC(C)c1c(C[N+](=O)[O-])cccc1C(=O)c1cccc(C[N+](=O)[O-])c1C(C)C. The van der Waals surface area contributed by atoms with E-state index < -0.39 is 9.85 Å². The topological polar surface area (TPSA) is 103 Å². The van der Waals surface area contributed by atoms with Gasteiger partial charge in [-0.05, 0) is 23.0 Å². The molecular formula is C21H24N2O5. The largest absolute Gasteiger partial charge is 0.289 e. The van der Waals surface area contributed by atoms with Crippen LogP contribution in [0.4, 0.5) is 0 Å². The van der Waals surface area contributed by atoms with Gasteiger partial charge in [0.1, 0.15) is 0 Å². The van der Waals surface area contributed by atoms with E-state index in [9.17, 15) is 25.0 Å². The van der Waals surface area contributed by atoms with Crippen molar-refractivity contribution in [3.05, 3.63) is 90.0 Å². The zero-order chi connectivity index (χ0) is 21.0. The van der Waals surface area contributed by atoms with Gasteiger partial charge in [-0.3, -0.25) is 25.0 Å². The number of carbonyl (C=O) groups is 1. The Kier molecular flexibility index (Phi) is 6.62. The average molecular weight is 384 g/mol. The lowest BCUT2D eigenvalue weighted by Crippen LogP contribution is -2.15. The lowest BCUT2D eigenvalue weighted by molar-refractivity contribution is -0.497. The summed E-state index contributed by atoms with van der Waals surface area (Å²) in [5.41, 5.74) is 3.15. The lowest BCUT2D eigenvalue weighted by Gasteiger charge is -2.19. The third-order valence-corrected chi connectivity index (χ3v) is 4.64. The van der Waals surface area contributed by atoms with Gasteiger partial charge in [0, 0.05) is 32.1 Å². The Morgan fingerprint density at radius 3 is 1.43 bits per heavy atom. The molecule has 2 rings (SSSR count). The number of hydrogen-bond acceptors (Lipinski definition) is 5. The molecule has 0 atom stereocenters. The maximum absolute atomic E-state index is 13.4. The summed E-state index contributed by atoms with van der Waals surface area (Å²) in [7, 11) is 0. The molecule has 2 aromatic rings. The molecule has 28 heavy (non-hydrogen) atoms. The van der Waals surface area contributed by atoms with Crippen molar-refractivity contribution in [2.24, 2.45) is 0 Å². The van der Waals surface area contributed by atoms with Gasteiger partial charge in [0.05, 0.1) is 0 Å². The molecule has 0 amide bonds. The van der Waals surface area contributed by atoms with Crippen molar-refractivity contribution in [2.75, 3.05) is 0 Å². The van der Waals surface area contributed by atoms with E-state index in [1.165, 1.54) is 0 Å². The van der Waals surface area contributed by atoms with Crippen LogP contribution < -0.4 is 0 Å². The van der Waals surface area contributed by atoms with Crippen LogP contribution in [0.2, 0.25) is 0 Å². The lowest BCUT2D eigenvalue weighted by atomic mass is 9.84. The van der Waals surface area contributed by atoms with E-state index in [0.717, 1.165) is 0 Å². The number of carbonyl (C=O) groups excluding carboxylic acids is 1. The van der Waals surface area contributed by atoms with Crippen molar-refractivity contribution in [1.29, 1.82) is 0 Å². The molecule has 0 heterocycles. The van der Waals surface area contributed by atoms with Crippen LogP contribution in [0.25, 0.3) is 0 Å². The summed E-state index contributed by atoms with van der Waals surface area (Å²) in [4.78, 5) is 34.7. The standard InChI is InChI=1S/C21H24N2O5/c1-13(2)19-15(11-22(25)26)7-5-9-17(19)21(24)18-10-6-8-16(12-23(27)28)20(18)14(3)4/h5-10,13-14H,11-12H2,1-4H3. The first-order chi connectivity index (χ1) is 13.1. The summed E-state index contributed by atoms with van der Waals surface area (Å²) in [6.45, 7) is 6.86. The predicted octanol–water partition coefficient (Wildman–Crippen LogP) is 4.72. The zero-order valence-corrected chi connectivity index (χ0v) is 16.5.